The van der Waals surface area contributed by atoms with Crippen LogP contribution in [0.15, 0.2) is 24.3 Å². The molecule has 1 aliphatic rings. The molecular formula is C16H24N2O3. The fourth-order valence-electron chi connectivity index (χ4n) is 2.35. The van der Waals surface area contributed by atoms with Crippen LogP contribution in [-0.4, -0.2) is 38.8 Å². The number of carbonyl (C=O) groups excluding carboxylic acids is 1. The van der Waals surface area contributed by atoms with Crippen molar-refractivity contribution in [1.29, 1.82) is 0 Å². The molecule has 0 spiro atoms. The van der Waals surface area contributed by atoms with Gasteiger partial charge in [0.15, 0.2) is 0 Å². The van der Waals surface area contributed by atoms with Crippen molar-refractivity contribution >= 4 is 5.91 Å². The average molecular weight is 292 g/mol. The van der Waals surface area contributed by atoms with Crippen LogP contribution in [0.25, 0.3) is 0 Å². The van der Waals surface area contributed by atoms with Gasteiger partial charge in [0.05, 0.1) is 19.8 Å². The van der Waals surface area contributed by atoms with Crippen molar-refractivity contribution in [3.05, 3.63) is 29.8 Å². The van der Waals surface area contributed by atoms with Gasteiger partial charge in [-0.3, -0.25) is 4.79 Å². The number of methoxy groups -OCH3 is 1. The van der Waals surface area contributed by atoms with Crippen LogP contribution in [0.4, 0.5) is 0 Å². The number of hydrogen-bond donors (Lipinski definition) is 2. The Morgan fingerprint density at radius 2 is 2.19 bits per heavy atom. The summed E-state index contributed by atoms with van der Waals surface area (Å²) in [5, 5.41) is 6.19. The molecule has 2 N–H and O–H groups in total. The third kappa shape index (κ3) is 5.73. The van der Waals surface area contributed by atoms with Crippen LogP contribution >= 0.6 is 0 Å². The Balaban J connectivity index is 1.62. The third-order valence-corrected chi connectivity index (χ3v) is 3.59. The number of piperidine rings is 1. The van der Waals surface area contributed by atoms with Crippen molar-refractivity contribution in [3.63, 3.8) is 0 Å². The Kier molecular flexibility index (Phi) is 6.50. The lowest BCUT2D eigenvalue weighted by atomic mass is 10.1. The summed E-state index contributed by atoms with van der Waals surface area (Å²) >= 11 is 0. The van der Waals surface area contributed by atoms with Gasteiger partial charge in [0.1, 0.15) is 5.75 Å². The molecule has 0 aromatic heterocycles. The number of carbonyl (C=O) groups is 1. The summed E-state index contributed by atoms with van der Waals surface area (Å²) in [6.07, 6.45) is 2.78. The SMILES string of the molecule is COc1cccc(CNC(=O)CCOC2CCNCC2)c1. The van der Waals surface area contributed by atoms with Gasteiger partial charge in [-0.25, -0.2) is 0 Å². The molecule has 0 radical (unpaired) electrons. The number of hydrogen-bond acceptors (Lipinski definition) is 4. The van der Waals surface area contributed by atoms with E-state index in [9.17, 15) is 4.79 Å². The van der Waals surface area contributed by atoms with Gasteiger partial charge in [-0.1, -0.05) is 12.1 Å². The Morgan fingerprint density at radius 1 is 1.38 bits per heavy atom. The summed E-state index contributed by atoms with van der Waals surface area (Å²) in [6.45, 7) is 3.03. The molecule has 0 aliphatic carbocycles. The normalized spacial score (nSPS) is 15.7. The molecule has 0 bridgehead atoms. The lowest BCUT2D eigenvalue weighted by molar-refractivity contribution is -0.122. The maximum absolute atomic E-state index is 11.8. The number of benzene rings is 1. The Morgan fingerprint density at radius 3 is 2.95 bits per heavy atom. The zero-order chi connectivity index (χ0) is 14.9. The van der Waals surface area contributed by atoms with Crippen LogP contribution < -0.4 is 15.4 Å². The molecule has 21 heavy (non-hydrogen) atoms. The molecule has 1 saturated heterocycles. The zero-order valence-corrected chi connectivity index (χ0v) is 12.6. The molecule has 1 aromatic rings. The lowest BCUT2D eigenvalue weighted by Crippen LogP contribution is -2.33. The van der Waals surface area contributed by atoms with Crippen LogP contribution in [0.2, 0.25) is 0 Å². The first kappa shape index (κ1) is 15.8. The summed E-state index contributed by atoms with van der Waals surface area (Å²) < 4.78 is 10.9. The Hall–Kier alpha value is -1.59. The summed E-state index contributed by atoms with van der Waals surface area (Å²) in [6, 6.07) is 7.69. The zero-order valence-electron chi connectivity index (χ0n) is 12.6. The van der Waals surface area contributed by atoms with Gasteiger partial charge in [0.2, 0.25) is 5.91 Å². The number of ether oxygens (including phenoxy) is 2. The standard InChI is InChI=1S/C16H24N2O3/c1-20-15-4-2-3-13(11-15)12-18-16(19)7-10-21-14-5-8-17-9-6-14/h2-4,11,14,17H,5-10,12H2,1H3,(H,18,19). The van der Waals surface area contributed by atoms with Crippen molar-refractivity contribution in [1.82, 2.24) is 10.6 Å². The molecule has 2 rings (SSSR count). The van der Waals surface area contributed by atoms with Crippen molar-refractivity contribution in [2.45, 2.75) is 31.9 Å². The highest BCUT2D eigenvalue weighted by atomic mass is 16.5. The van der Waals surface area contributed by atoms with E-state index < -0.39 is 0 Å². The van der Waals surface area contributed by atoms with E-state index >= 15 is 0 Å². The monoisotopic (exact) mass is 292 g/mol. The average Bonchev–Trinajstić information content (AvgIpc) is 2.54. The van der Waals surface area contributed by atoms with Gasteiger partial charge >= 0.3 is 0 Å². The third-order valence-electron chi connectivity index (χ3n) is 3.59. The van der Waals surface area contributed by atoms with E-state index in [1.807, 2.05) is 24.3 Å². The van der Waals surface area contributed by atoms with Gasteiger partial charge in [-0.05, 0) is 43.6 Å². The van der Waals surface area contributed by atoms with E-state index in [1.54, 1.807) is 7.11 Å². The first-order valence-corrected chi connectivity index (χ1v) is 7.50. The van der Waals surface area contributed by atoms with E-state index in [1.165, 1.54) is 0 Å². The van der Waals surface area contributed by atoms with E-state index in [0.29, 0.717) is 25.7 Å². The second-order valence-electron chi connectivity index (χ2n) is 5.20. The molecule has 0 saturated carbocycles. The second kappa shape index (κ2) is 8.64. The maximum atomic E-state index is 11.8. The largest absolute Gasteiger partial charge is 0.497 e. The fraction of sp³-hybridized carbons (Fsp3) is 0.562. The van der Waals surface area contributed by atoms with Crippen LogP contribution in [0.3, 0.4) is 0 Å². The molecule has 5 nitrogen and oxygen atoms in total. The quantitative estimate of drug-likeness (QED) is 0.799. The predicted molar refractivity (Wildman–Crippen MR) is 81.3 cm³/mol. The predicted octanol–water partition coefficient (Wildman–Crippen LogP) is 1.47. The molecular weight excluding hydrogens is 268 g/mol. The molecule has 0 unspecified atom stereocenters. The summed E-state index contributed by atoms with van der Waals surface area (Å²) in [5.41, 5.74) is 1.03. The van der Waals surface area contributed by atoms with Crippen molar-refractivity contribution in [3.8, 4) is 5.75 Å². The van der Waals surface area contributed by atoms with Gasteiger partial charge in [-0.2, -0.15) is 0 Å². The molecule has 116 valence electrons. The minimum atomic E-state index is 0.0201. The van der Waals surface area contributed by atoms with Crippen molar-refractivity contribution in [2.24, 2.45) is 0 Å². The van der Waals surface area contributed by atoms with Crippen LogP contribution in [0, 0.1) is 0 Å². The number of rotatable bonds is 7. The second-order valence-corrected chi connectivity index (χ2v) is 5.20. The summed E-state index contributed by atoms with van der Waals surface area (Å²) in [4.78, 5) is 11.8. The number of amides is 1. The minimum absolute atomic E-state index is 0.0201. The van der Waals surface area contributed by atoms with E-state index in [-0.39, 0.29) is 5.91 Å². The smallest absolute Gasteiger partial charge is 0.222 e. The first-order chi connectivity index (χ1) is 10.3. The highest BCUT2D eigenvalue weighted by Gasteiger charge is 2.13. The fourth-order valence-corrected chi connectivity index (χ4v) is 2.35. The molecule has 1 fully saturated rings. The van der Waals surface area contributed by atoms with Gasteiger partial charge in [0.25, 0.3) is 0 Å². The molecule has 1 aliphatic heterocycles. The van der Waals surface area contributed by atoms with Gasteiger partial charge in [0, 0.05) is 13.0 Å². The maximum Gasteiger partial charge on any atom is 0.222 e. The number of nitrogens with one attached hydrogen (secondary N) is 2. The summed E-state index contributed by atoms with van der Waals surface area (Å²) in [7, 11) is 1.63. The van der Waals surface area contributed by atoms with E-state index in [0.717, 1.165) is 37.2 Å². The highest BCUT2D eigenvalue weighted by molar-refractivity contribution is 5.75. The topological polar surface area (TPSA) is 59.6 Å². The molecule has 0 atom stereocenters. The Labute approximate surface area is 126 Å². The van der Waals surface area contributed by atoms with Crippen LogP contribution in [-0.2, 0) is 16.1 Å². The van der Waals surface area contributed by atoms with E-state index in [2.05, 4.69) is 10.6 Å². The van der Waals surface area contributed by atoms with Gasteiger partial charge < -0.3 is 20.1 Å². The molecule has 1 amide bonds. The molecule has 1 aromatic carbocycles. The Bertz CT molecular complexity index is 445. The highest BCUT2D eigenvalue weighted by Crippen LogP contribution is 2.12. The first-order valence-electron chi connectivity index (χ1n) is 7.50. The van der Waals surface area contributed by atoms with Crippen molar-refractivity contribution < 1.29 is 14.3 Å². The van der Waals surface area contributed by atoms with Crippen LogP contribution in [0.1, 0.15) is 24.8 Å². The van der Waals surface area contributed by atoms with E-state index in [4.69, 9.17) is 9.47 Å². The van der Waals surface area contributed by atoms with Crippen LogP contribution in [0.5, 0.6) is 5.75 Å². The van der Waals surface area contributed by atoms with Crippen molar-refractivity contribution in [2.75, 3.05) is 26.8 Å². The molecule has 5 heteroatoms. The van der Waals surface area contributed by atoms with Gasteiger partial charge in [-0.15, -0.1) is 0 Å². The molecule has 1 heterocycles. The minimum Gasteiger partial charge on any atom is -0.497 e. The lowest BCUT2D eigenvalue weighted by Gasteiger charge is -2.22. The summed E-state index contributed by atoms with van der Waals surface area (Å²) in [5.74, 6) is 0.822.